The topological polar surface area (TPSA) is 66.9 Å². The molecule has 2 aromatic carbocycles. The molecule has 1 aromatic heterocycles. The first-order chi connectivity index (χ1) is 12.1. The molecule has 3 rings (SSSR count). The number of nitrogens with one attached hydrogen (secondary N) is 2. The van der Waals surface area contributed by atoms with Gasteiger partial charge in [0, 0.05) is 11.7 Å². The maximum absolute atomic E-state index is 12.3. The minimum absolute atomic E-state index is 0.0992. The van der Waals surface area contributed by atoms with E-state index in [1.54, 1.807) is 6.20 Å². The Morgan fingerprint density at radius 2 is 1.68 bits per heavy atom. The van der Waals surface area contributed by atoms with Crippen LogP contribution < -0.4 is 10.6 Å². The Kier molecular flexibility index (Phi) is 5.04. The van der Waals surface area contributed by atoms with Crippen molar-refractivity contribution in [3.05, 3.63) is 83.8 Å². The molecular weight excluding hydrogens is 312 g/mol. The molecular formula is C20H20N4O. The van der Waals surface area contributed by atoms with Crippen molar-refractivity contribution in [2.45, 2.75) is 19.9 Å². The van der Waals surface area contributed by atoms with Gasteiger partial charge in [-0.15, -0.1) is 0 Å². The van der Waals surface area contributed by atoms with Gasteiger partial charge in [0.2, 0.25) is 0 Å². The number of hydrogen-bond acceptors (Lipinski definition) is 4. The molecule has 0 saturated heterocycles. The van der Waals surface area contributed by atoms with Crippen LogP contribution >= 0.6 is 0 Å². The van der Waals surface area contributed by atoms with Gasteiger partial charge in [0.15, 0.2) is 0 Å². The third-order valence-corrected chi connectivity index (χ3v) is 3.94. The highest BCUT2D eigenvalue weighted by atomic mass is 16.1. The molecule has 0 radical (unpaired) electrons. The van der Waals surface area contributed by atoms with Crippen LogP contribution in [0.3, 0.4) is 0 Å². The summed E-state index contributed by atoms with van der Waals surface area (Å²) in [6.45, 7) is 4.00. The molecule has 25 heavy (non-hydrogen) atoms. The van der Waals surface area contributed by atoms with E-state index in [1.165, 1.54) is 6.20 Å². The Morgan fingerprint density at radius 1 is 0.960 bits per heavy atom. The van der Waals surface area contributed by atoms with E-state index in [-0.39, 0.29) is 17.6 Å². The minimum Gasteiger partial charge on any atom is -0.362 e. The smallest absolute Gasteiger partial charge is 0.275 e. The van der Waals surface area contributed by atoms with Crippen LogP contribution in [0.4, 0.5) is 11.5 Å². The zero-order valence-electron chi connectivity index (χ0n) is 14.2. The number of benzene rings is 2. The normalized spacial score (nSPS) is 11.6. The fourth-order valence-corrected chi connectivity index (χ4v) is 2.47. The number of hydrogen-bond donors (Lipinski definition) is 2. The van der Waals surface area contributed by atoms with Crippen LogP contribution in [0, 0.1) is 6.92 Å². The van der Waals surface area contributed by atoms with E-state index in [9.17, 15) is 4.79 Å². The predicted octanol–water partition coefficient (Wildman–Crippen LogP) is 4.21. The summed E-state index contributed by atoms with van der Waals surface area (Å²) < 4.78 is 0. The quantitative estimate of drug-likeness (QED) is 0.734. The molecule has 1 unspecified atom stereocenters. The zero-order chi connectivity index (χ0) is 17.6. The summed E-state index contributed by atoms with van der Waals surface area (Å²) in [6.07, 6.45) is 3.06. The molecule has 0 fully saturated rings. The van der Waals surface area contributed by atoms with Gasteiger partial charge in [-0.05, 0) is 31.0 Å². The molecule has 0 bridgehead atoms. The van der Waals surface area contributed by atoms with Gasteiger partial charge in [-0.1, -0.05) is 48.5 Å². The van der Waals surface area contributed by atoms with Crippen LogP contribution in [0.5, 0.6) is 0 Å². The van der Waals surface area contributed by atoms with Crippen molar-refractivity contribution in [1.29, 1.82) is 0 Å². The number of aryl methyl sites for hydroxylation is 1. The summed E-state index contributed by atoms with van der Waals surface area (Å²) in [5.74, 6) is 0.355. The van der Waals surface area contributed by atoms with Crippen molar-refractivity contribution in [3.63, 3.8) is 0 Å². The van der Waals surface area contributed by atoms with Crippen LogP contribution in [0.2, 0.25) is 0 Å². The van der Waals surface area contributed by atoms with Crippen LogP contribution in [0.25, 0.3) is 0 Å². The molecule has 2 N–H and O–H groups in total. The van der Waals surface area contributed by atoms with Crippen LogP contribution in [-0.4, -0.2) is 15.9 Å². The second-order valence-corrected chi connectivity index (χ2v) is 5.83. The monoisotopic (exact) mass is 332 g/mol. The highest BCUT2D eigenvalue weighted by Gasteiger charge is 2.11. The summed E-state index contributed by atoms with van der Waals surface area (Å²) in [4.78, 5) is 20.8. The number of para-hydroxylation sites is 1. The number of carbonyl (C=O) groups excluding carboxylic acids is 1. The Labute approximate surface area is 147 Å². The van der Waals surface area contributed by atoms with Gasteiger partial charge in [-0.2, -0.15) is 0 Å². The van der Waals surface area contributed by atoms with Crippen molar-refractivity contribution in [1.82, 2.24) is 9.97 Å². The lowest BCUT2D eigenvalue weighted by Crippen LogP contribution is -2.15. The van der Waals surface area contributed by atoms with Gasteiger partial charge < -0.3 is 10.6 Å². The van der Waals surface area contributed by atoms with Crippen molar-refractivity contribution in [3.8, 4) is 0 Å². The second kappa shape index (κ2) is 7.57. The van der Waals surface area contributed by atoms with E-state index < -0.39 is 0 Å². The standard InChI is InChI=1S/C20H20N4O/c1-14-8-6-7-11-17(14)24-20(25)18-12-22-19(13-21-18)23-15(2)16-9-4-3-5-10-16/h3-13,15H,1-2H3,(H,22,23)(H,24,25). The Hall–Kier alpha value is -3.21. The van der Waals surface area contributed by atoms with Crippen molar-refractivity contribution in [2.75, 3.05) is 10.6 Å². The summed E-state index contributed by atoms with van der Waals surface area (Å²) in [5, 5.41) is 6.13. The van der Waals surface area contributed by atoms with E-state index in [1.807, 2.05) is 49.4 Å². The molecule has 1 atom stereocenters. The van der Waals surface area contributed by atoms with Gasteiger partial charge in [-0.3, -0.25) is 4.79 Å². The summed E-state index contributed by atoms with van der Waals surface area (Å²) >= 11 is 0. The number of rotatable bonds is 5. The number of anilines is 2. The van der Waals surface area contributed by atoms with Crippen molar-refractivity contribution >= 4 is 17.4 Å². The molecule has 0 aliphatic rings. The average Bonchev–Trinajstić information content (AvgIpc) is 2.65. The molecule has 3 aromatic rings. The molecule has 0 saturated carbocycles. The molecule has 0 aliphatic carbocycles. The second-order valence-electron chi connectivity index (χ2n) is 5.83. The summed E-state index contributed by atoms with van der Waals surface area (Å²) in [7, 11) is 0. The third kappa shape index (κ3) is 4.20. The number of amides is 1. The van der Waals surface area contributed by atoms with E-state index in [0.717, 1.165) is 16.8 Å². The van der Waals surface area contributed by atoms with E-state index >= 15 is 0 Å². The number of nitrogens with zero attached hydrogens (tertiary/aromatic N) is 2. The van der Waals surface area contributed by atoms with E-state index in [2.05, 4.69) is 39.7 Å². The zero-order valence-corrected chi connectivity index (χ0v) is 14.2. The number of carbonyl (C=O) groups is 1. The minimum atomic E-state index is -0.274. The first-order valence-electron chi connectivity index (χ1n) is 8.14. The molecule has 5 heteroatoms. The fraction of sp³-hybridized carbons (Fsp3) is 0.150. The highest BCUT2D eigenvalue weighted by Crippen LogP contribution is 2.17. The molecule has 126 valence electrons. The summed E-state index contributed by atoms with van der Waals surface area (Å²) in [6, 6.07) is 17.8. The number of aromatic nitrogens is 2. The van der Waals surface area contributed by atoms with Crippen molar-refractivity contribution < 1.29 is 4.79 Å². The Morgan fingerprint density at radius 3 is 2.36 bits per heavy atom. The highest BCUT2D eigenvalue weighted by molar-refractivity contribution is 6.03. The van der Waals surface area contributed by atoms with Gasteiger partial charge in [0.05, 0.1) is 12.4 Å². The molecule has 0 spiro atoms. The third-order valence-electron chi connectivity index (χ3n) is 3.94. The lowest BCUT2D eigenvalue weighted by molar-refractivity contribution is 0.102. The van der Waals surface area contributed by atoms with Gasteiger partial charge in [0.25, 0.3) is 5.91 Å². The van der Waals surface area contributed by atoms with Crippen LogP contribution in [0.15, 0.2) is 67.0 Å². The van der Waals surface area contributed by atoms with E-state index in [0.29, 0.717) is 5.82 Å². The lowest BCUT2D eigenvalue weighted by Gasteiger charge is -2.14. The van der Waals surface area contributed by atoms with Crippen molar-refractivity contribution in [2.24, 2.45) is 0 Å². The predicted molar refractivity (Wildman–Crippen MR) is 99.6 cm³/mol. The maximum Gasteiger partial charge on any atom is 0.275 e. The largest absolute Gasteiger partial charge is 0.362 e. The Bertz CT molecular complexity index is 847. The van der Waals surface area contributed by atoms with Crippen LogP contribution in [0.1, 0.15) is 34.6 Å². The summed E-state index contributed by atoms with van der Waals surface area (Å²) in [5.41, 5.74) is 3.21. The molecule has 0 aliphatic heterocycles. The first-order valence-corrected chi connectivity index (χ1v) is 8.14. The average molecular weight is 332 g/mol. The van der Waals surface area contributed by atoms with Gasteiger partial charge in [-0.25, -0.2) is 9.97 Å². The molecule has 5 nitrogen and oxygen atoms in total. The van der Waals surface area contributed by atoms with E-state index in [4.69, 9.17) is 0 Å². The maximum atomic E-state index is 12.3. The molecule has 1 heterocycles. The SMILES string of the molecule is Cc1ccccc1NC(=O)c1cnc(NC(C)c2ccccc2)cn1. The van der Waals surface area contributed by atoms with Gasteiger partial charge >= 0.3 is 0 Å². The first kappa shape index (κ1) is 16.6. The van der Waals surface area contributed by atoms with Crippen LogP contribution in [-0.2, 0) is 0 Å². The lowest BCUT2D eigenvalue weighted by atomic mass is 10.1. The fourth-order valence-electron chi connectivity index (χ4n) is 2.47. The molecule has 1 amide bonds. The van der Waals surface area contributed by atoms with Gasteiger partial charge in [0.1, 0.15) is 11.5 Å². The Balaban J connectivity index is 1.66.